The number of nitrogens with one attached hydrogen (secondary N) is 2. The molecular formula is C16H21BrN4. The molecule has 1 heterocycles. The monoisotopic (exact) mass is 348 g/mol. The molecule has 5 heteroatoms. The smallest absolute Gasteiger partial charge is 0.136 e. The second-order valence-corrected chi connectivity index (χ2v) is 5.73. The molecule has 0 bridgehead atoms. The quantitative estimate of drug-likeness (QED) is 0.795. The maximum atomic E-state index is 4.55. The lowest BCUT2D eigenvalue weighted by molar-refractivity contribution is 0.919. The highest BCUT2D eigenvalue weighted by atomic mass is 79.9. The zero-order valence-electron chi connectivity index (χ0n) is 12.7. The van der Waals surface area contributed by atoms with Gasteiger partial charge in [-0.3, -0.25) is 0 Å². The second kappa shape index (κ2) is 7.41. The highest BCUT2D eigenvalue weighted by molar-refractivity contribution is 9.10. The van der Waals surface area contributed by atoms with Crippen LogP contribution in [0.15, 0.2) is 28.7 Å². The van der Waals surface area contributed by atoms with Crippen molar-refractivity contribution in [2.24, 2.45) is 0 Å². The lowest BCUT2D eigenvalue weighted by Crippen LogP contribution is -2.07. The van der Waals surface area contributed by atoms with Gasteiger partial charge in [-0.1, -0.05) is 35.8 Å². The maximum Gasteiger partial charge on any atom is 0.136 e. The van der Waals surface area contributed by atoms with Crippen molar-refractivity contribution in [3.8, 4) is 0 Å². The lowest BCUT2D eigenvalue weighted by Gasteiger charge is -2.12. The topological polar surface area (TPSA) is 49.8 Å². The van der Waals surface area contributed by atoms with Crippen molar-refractivity contribution in [3.63, 3.8) is 0 Å². The molecule has 0 spiro atoms. The summed E-state index contributed by atoms with van der Waals surface area (Å²) in [6.45, 7) is 7.19. The van der Waals surface area contributed by atoms with E-state index < -0.39 is 0 Å². The molecule has 0 atom stereocenters. The lowest BCUT2D eigenvalue weighted by atomic mass is 10.2. The summed E-state index contributed by atoms with van der Waals surface area (Å²) < 4.78 is 1.08. The van der Waals surface area contributed by atoms with E-state index in [1.807, 2.05) is 24.3 Å². The van der Waals surface area contributed by atoms with E-state index in [0.29, 0.717) is 0 Å². The van der Waals surface area contributed by atoms with E-state index in [0.717, 1.165) is 52.6 Å². The normalized spacial score (nSPS) is 10.5. The molecule has 2 aromatic rings. The fourth-order valence-electron chi connectivity index (χ4n) is 1.94. The predicted molar refractivity (Wildman–Crippen MR) is 92.4 cm³/mol. The van der Waals surface area contributed by atoms with Gasteiger partial charge in [0.2, 0.25) is 0 Å². The molecule has 21 heavy (non-hydrogen) atoms. The minimum Gasteiger partial charge on any atom is -0.370 e. The van der Waals surface area contributed by atoms with Crippen LogP contribution in [-0.2, 0) is 6.42 Å². The van der Waals surface area contributed by atoms with E-state index in [1.165, 1.54) is 0 Å². The van der Waals surface area contributed by atoms with Crippen molar-refractivity contribution in [1.82, 2.24) is 9.97 Å². The van der Waals surface area contributed by atoms with Gasteiger partial charge in [-0.2, -0.15) is 0 Å². The van der Waals surface area contributed by atoms with Gasteiger partial charge in [0.05, 0.1) is 0 Å². The summed E-state index contributed by atoms with van der Waals surface area (Å²) >= 11 is 3.55. The van der Waals surface area contributed by atoms with Gasteiger partial charge in [-0.25, -0.2) is 9.97 Å². The number of rotatable bonds is 6. The van der Waals surface area contributed by atoms with Crippen LogP contribution < -0.4 is 10.6 Å². The van der Waals surface area contributed by atoms with Crippen molar-refractivity contribution in [1.29, 1.82) is 0 Å². The predicted octanol–water partition coefficient (Wildman–Crippen LogP) is 4.68. The summed E-state index contributed by atoms with van der Waals surface area (Å²) in [5, 5.41) is 6.70. The molecule has 1 aromatic heterocycles. The second-order valence-electron chi connectivity index (χ2n) is 4.87. The highest BCUT2D eigenvalue weighted by Gasteiger charge is 2.06. The van der Waals surface area contributed by atoms with Crippen LogP contribution in [0.25, 0.3) is 0 Å². The van der Waals surface area contributed by atoms with E-state index >= 15 is 0 Å². The fourth-order valence-corrected chi connectivity index (χ4v) is 2.31. The summed E-state index contributed by atoms with van der Waals surface area (Å²) in [5.74, 6) is 2.53. The van der Waals surface area contributed by atoms with Crippen molar-refractivity contribution in [2.75, 3.05) is 17.2 Å². The van der Waals surface area contributed by atoms with E-state index in [9.17, 15) is 0 Å². The van der Waals surface area contributed by atoms with Gasteiger partial charge in [0, 0.05) is 29.2 Å². The summed E-state index contributed by atoms with van der Waals surface area (Å²) in [5.41, 5.74) is 2.21. The molecule has 0 saturated carbocycles. The molecular weight excluding hydrogens is 328 g/mol. The van der Waals surface area contributed by atoms with Crippen molar-refractivity contribution < 1.29 is 0 Å². The van der Waals surface area contributed by atoms with Gasteiger partial charge in [0.1, 0.15) is 17.5 Å². The number of nitrogens with zero attached hydrogens (tertiary/aromatic N) is 2. The number of hydrogen-bond acceptors (Lipinski definition) is 4. The molecule has 1 aromatic carbocycles. The van der Waals surface area contributed by atoms with Crippen molar-refractivity contribution in [2.45, 2.75) is 33.6 Å². The molecule has 0 aliphatic rings. The Kier molecular flexibility index (Phi) is 5.56. The molecule has 0 radical (unpaired) electrons. The maximum absolute atomic E-state index is 4.55. The summed E-state index contributed by atoms with van der Waals surface area (Å²) in [6, 6.07) is 8.05. The Balaban J connectivity index is 2.28. The van der Waals surface area contributed by atoms with Crippen molar-refractivity contribution >= 4 is 33.3 Å². The van der Waals surface area contributed by atoms with Crippen LogP contribution in [0.3, 0.4) is 0 Å². The Morgan fingerprint density at radius 3 is 2.62 bits per heavy atom. The minimum atomic E-state index is 0.813. The average molecular weight is 349 g/mol. The molecule has 2 rings (SSSR count). The summed E-state index contributed by atoms with van der Waals surface area (Å²) in [7, 11) is 0. The third-order valence-corrected chi connectivity index (χ3v) is 4.03. The van der Waals surface area contributed by atoms with Crippen LogP contribution in [0.4, 0.5) is 17.3 Å². The first-order valence-electron chi connectivity index (χ1n) is 7.28. The molecule has 0 aliphatic carbocycles. The Labute approximate surface area is 134 Å². The standard InChI is InChI=1S/C16H21BrN4/c1-4-9-18-15-10-16(21-14(5-2)20-15)19-13-8-6-7-12(17)11(13)3/h6-8,10H,4-5,9H2,1-3H3,(H2,18,19,20,21). The fraction of sp³-hybridized carbons (Fsp3) is 0.375. The number of anilines is 3. The highest BCUT2D eigenvalue weighted by Crippen LogP contribution is 2.26. The Bertz CT molecular complexity index is 613. The molecule has 0 amide bonds. The van der Waals surface area contributed by atoms with Crippen LogP contribution in [0.5, 0.6) is 0 Å². The number of halogens is 1. The Morgan fingerprint density at radius 2 is 1.90 bits per heavy atom. The molecule has 0 unspecified atom stereocenters. The van der Waals surface area contributed by atoms with Crippen LogP contribution in [0, 0.1) is 6.92 Å². The Hall–Kier alpha value is -1.62. The SMILES string of the molecule is CCCNc1cc(Nc2cccc(Br)c2C)nc(CC)n1. The number of benzene rings is 1. The first-order valence-corrected chi connectivity index (χ1v) is 8.07. The van der Waals surface area contributed by atoms with Crippen LogP contribution in [0.1, 0.15) is 31.7 Å². The van der Waals surface area contributed by atoms with E-state index in [-0.39, 0.29) is 0 Å². The molecule has 0 aliphatic heterocycles. The first-order chi connectivity index (χ1) is 10.1. The van der Waals surface area contributed by atoms with Gasteiger partial charge < -0.3 is 10.6 Å². The molecule has 4 nitrogen and oxygen atoms in total. The average Bonchev–Trinajstić information content (AvgIpc) is 2.49. The molecule has 0 saturated heterocycles. The van der Waals surface area contributed by atoms with Gasteiger partial charge in [0.15, 0.2) is 0 Å². The van der Waals surface area contributed by atoms with Crippen LogP contribution in [0.2, 0.25) is 0 Å². The zero-order valence-corrected chi connectivity index (χ0v) is 14.3. The largest absolute Gasteiger partial charge is 0.370 e. The third-order valence-electron chi connectivity index (χ3n) is 3.18. The van der Waals surface area contributed by atoms with E-state index in [2.05, 4.69) is 57.3 Å². The zero-order chi connectivity index (χ0) is 15.2. The van der Waals surface area contributed by atoms with E-state index in [1.54, 1.807) is 0 Å². The van der Waals surface area contributed by atoms with Gasteiger partial charge in [-0.05, 0) is 31.0 Å². The molecule has 112 valence electrons. The van der Waals surface area contributed by atoms with Gasteiger partial charge >= 0.3 is 0 Å². The van der Waals surface area contributed by atoms with Crippen LogP contribution >= 0.6 is 15.9 Å². The first kappa shape index (κ1) is 15.8. The van der Waals surface area contributed by atoms with Crippen LogP contribution in [-0.4, -0.2) is 16.5 Å². The summed E-state index contributed by atoms with van der Waals surface area (Å²) in [6.07, 6.45) is 1.88. The molecule has 2 N–H and O–H groups in total. The van der Waals surface area contributed by atoms with E-state index in [4.69, 9.17) is 0 Å². The Morgan fingerprint density at radius 1 is 1.14 bits per heavy atom. The van der Waals surface area contributed by atoms with Gasteiger partial charge in [-0.15, -0.1) is 0 Å². The number of hydrogen-bond donors (Lipinski definition) is 2. The number of aromatic nitrogens is 2. The third kappa shape index (κ3) is 4.17. The summed E-state index contributed by atoms with van der Waals surface area (Å²) in [4.78, 5) is 9.05. The minimum absolute atomic E-state index is 0.813. The van der Waals surface area contributed by atoms with Gasteiger partial charge in [0.25, 0.3) is 0 Å². The van der Waals surface area contributed by atoms with Crippen molar-refractivity contribution in [3.05, 3.63) is 40.1 Å². The molecule has 0 fully saturated rings. The number of aryl methyl sites for hydroxylation is 1.